The molecule has 0 radical (unpaired) electrons. The normalized spacial score (nSPS) is 11.6. The van der Waals surface area contributed by atoms with Crippen LogP contribution < -0.4 is 0 Å². The van der Waals surface area contributed by atoms with Crippen molar-refractivity contribution in [3.8, 4) is 0 Å². The van der Waals surface area contributed by atoms with Crippen LogP contribution in [-0.2, 0) is 19.6 Å². The third-order valence-electron chi connectivity index (χ3n) is 4.87. The van der Waals surface area contributed by atoms with Crippen molar-refractivity contribution in [3.63, 3.8) is 0 Å². The van der Waals surface area contributed by atoms with E-state index >= 15 is 0 Å². The minimum absolute atomic E-state index is 0.147. The van der Waals surface area contributed by atoms with Crippen LogP contribution in [0.4, 0.5) is 4.39 Å². The van der Waals surface area contributed by atoms with Crippen LogP contribution in [0.2, 0.25) is 0 Å². The van der Waals surface area contributed by atoms with Crippen molar-refractivity contribution in [1.82, 2.24) is 4.31 Å². The van der Waals surface area contributed by atoms with E-state index in [1.807, 2.05) is 33.8 Å². The second kappa shape index (κ2) is 8.84. The lowest BCUT2D eigenvalue weighted by Gasteiger charge is -2.17. The highest BCUT2D eigenvalue weighted by Crippen LogP contribution is 2.22. The Balaban J connectivity index is 2.04. The number of nitrogens with zero attached hydrogens (tertiary/aromatic N) is 1. The van der Waals surface area contributed by atoms with Gasteiger partial charge in [0.25, 0.3) is 0 Å². The topological polar surface area (TPSA) is 80.8 Å². The van der Waals surface area contributed by atoms with Gasteiger partial charge < -0.3 is 4.74 Å². The van der Waals surface area contributed by atoms with Crippen molar-refractivity contribution in [2.24, 2.45) is 0 Å². The van der Waals surface area contributed by atoms with Gasteiger partial charge in [0.15, 0.2) is 6.61 Å². The Kier molecular flexibility index (Phi) is 6.92. The molecule has 0 aromatic heterocycles. The lowest BCUT2D eigenvalue weighted by Crippen LogP contribution is -2.33. The molecule has 2 aromatic rings. The summed E-state index contributed by atoms with van der Waals surface area (Å²) in [5.74, 6) is -1.77. The summed E-state index contributed by atoms with van der Waals surface area (Å²) in [6.07, 6.45) is 0. The molecular weight excluding hydrogens is 397 g/mol. The monoisotopic (exact) mass is 421 g/mol. The van der Waals surface area contributed by atoms with Crippen LogP contribution in [0.5, 0.6) is 0 Å². The number of Topliss-reactive ketones (excluding diaryl/α,β-unsaturated/α-hetero) is 1. The molecule has 0 bridgehead atoms. The Morgan fingerprint density at radius 1 is 1.00 bits per heavy atom. The lowest BCUT2D eigenvalue weighted by atomic mass is 9.92. The van der Waals surface area contributed by atoms with Crippen LogP contribution in [0.3, 0.4) is 0 Å². The number of sulfonamides is 1. The number of ketones is 1. The van der Waals surface area contributed by atoms with Crippen molar-refractivity contribution < 1.29 is 27.1 Å². The van der Waals surface area contributed by atoms with Gasteiger partial charge >= 0.3 is 5.97 Å². The van der Waals surface area contributed by atoms with E-state index in [9.17, 15) is 22.4 Å². The molecule has 0 heterocycles. The summed E-state index contributed by atoms with van der Waals surface area (Å²) in [6.45, 7) is 6.49. The number of hydrogen-bond donors (Lipinski definition) is 0. The molecule has 0 spiro atoms. The first kappa shape index (κ1) is 22.7. The van der Waals surface area contributed by atoms with E-state index in [0.29, 0.717) is 5.56 Å². The van der Waals surface area contributed by atoms with Gasteiger partial charge in [0, 0.05) is 12.6 Å². The van der Waals surface area contributed by atoms with Crippen molar-refractivity contribution in [2.45, 2.75) is 32.6 Å². The molecule has 0 amide bonds. The van der Waals surface area contributed by atoms with Gasteiger partial charge in [-0.05, 0) is 74.2 Å². The molecule has 0 atom stereocenters. The SMILES string of the molecule is Cc1cc(C)c(C(=O)COC(=O)CN(C)S(=O)(=O)c2ccc(F)cc2)c(C)c1C. The van der Waals surface area contributed by atoms with E-state index in [2.05, 4.69) is 0 Å². The summed E-state index contributed by atoms with van der Waals surface area (Å²) >= 11 is 0. The van der Waals surface area contributed by atoms with Gasteiger partial charge in [-0.2, -0.15) is 4.31 Å². The number of esters is 1. The van der Waals surface area contributed by atoms with Gasteiger partial charge in [-0.3, -0.25) is 9.59 Å². The quantitative estimate of drug-likeness (QED) is 0.507. The van der Waals surface area contributed by atoms with Crippen LogP contribution in [0.1, 0.15) is 32.6 Å². The van der Waals surface area contributed by atoms with Crippen LogP contribution in [0, 0.1) is 33.5 Å². The Labute approximate surface area is 170 Å². The molecule has 0 saturated carbocycles. The zero-order chi connectivity index (χ0) is 21.9. The fourth-order valence-electron chi connectivity index (χ4n) is 3.03. The zero-order valence-corrected chi connectivity index (χ0v) is 17.9. The molecular formula is C21H24FNO5S. The van der Waals surface area contributed by atoms with Gasteiger partial charge in [0.2, 0.25) is 15.8 Å². The van der Waals surface area contributed by atoms with Crippen LogP contribution in [0.25, 0.3) is 0 Å². The molecule has 0 aliphatic carbocycles. The second-order valence-corrected chi connectivity index (χ2v) is 8.98. The number of likely N-dealkylation sites (N-methyl/N-ethyl adjacent to an activating group) is 1. The maximum absolute atomic E-state index is 13.0. The van der Waals surface area contributed by atoms with E-state index < -0.39 is 35.0 Å². The molecule has 2 rings (SSSR count). The van der Waals surface area contributed by atoms with Crippen LogP contribution in [-0.4, -0.2) is 44.7 Å². The highest BCUT2D eigenvalue weighted by molar-refractivity contribution is 7.89. The molecule has 29 heavy (non-hydrogen) atoms. The first-order valence-electron chi connectivity index (χ1n) is 8.93. The summed E-state index contributed by atoms with van der Waals surface area (Å²) in [6, 6.07) is 6.17. The number of benzene rings is 2. The number of rotatable bonds is 7. The van der Waals surface area contributed by atoms with Crippen molar-refractivity contribution in [3.05, 3.63) is 64.0 Å². The summed E-state index contributed by atoms with van der Waals surface area (Å²) < 4.78 is 43.6. The smallest absolute Gasteiger partial charge is 0.321 e. The molecule has 0 aliphatic rings. The average molecular weight is 421 g/mol. The Hall–Kier alpha value is -2.58. The third-order valence-corrected chi connectivity index (χ3v) is 6.69. The number of carbonyl (C=O) groups is 2. The molecule has 6 nitrogen and oxygen atoms in total. The predicted molar refractivity (Wildman–Crippen MR) is 107 cm³/mol. The first-order chi connectivity index (χ1) is 13.4. The summed E-state index contributed by atoms with van der Waals surface area (Å²) in [4.78, 5) is 24.5. The number of aryl methyl sites for hydroxylation is 2. The molecule has 8 heteroatoms. The minimum Gasteiger partial charge on any atom is -0.456 e. The molecule has 156 valence electrons. The van der Waals surface area contributed by atoms with Gasteiger partial charge in [-0.1, -0.05) is 6.07 Å². The molecule has 0 aliphatic heterocycles. The van der Waals surface area contributed by atoms with E-state index in [1.165, 1.54) is 7.05 Å². The van der Waals surface area contributed by atoms with Crippen LogP contribution in [0.15, 0.2) is 35.2 Å². The fraction of sp³-hybridized carbons (Fsp3) is 0.333. The molecule has 0 unspecified atom stereocenters. The van der Waals surface area contributed by atoms with Gasteiger partial charge in [-0.15, -0.1) is 0 Å². The summed E-state index contributed by atoms with van der Waals surface area (Å²) in [5.41, 5.74) is 4.20. The largest absolute Gasteiger partial charge is 0.456 e. The number of carbonyl (C=O) groups excluding carboxylic acids is 2. The zero-order valence-electron chi connectivity index (χ0n) is 17.1. The average Bonchev–Trinajstić information content (AvgIpc) is 2.64. The summed E-state index contributed by atoms with van der Waals surface area (Å²) in [5, 5.41) is 0. The summed E-state index contributed by atoms with van der Waals surface area (Å²) in [7, 11) is -2.78. The Morgan fingerprint density at radius 2 is 1.59 bits per heavy atom. The first-order valence-corrected chi connectivity index (χ1v) is 10.4. The van der Waals surface area contributed by atoms with Crippen molar-refractivity contribution >= 4 is 21.8 Å². The van der Waals surface area contributed by atoms with E-state index in [0.717, 1.165) is 50.8 Å². The lowest BCUT2D eigenvalue weighted by molar-refractivity contribution is -0.142. The molecule has 0 N–H and O–H groups in total. The molecule has 2 aromatic carbocycles. The highest BCUT2D eigenvalue weighted by Gasteiger charge is 2.24. The van der Waals surface area contributed by atoms with Crippen LogP contribution >= 0.6 is 0 Å². The number of hydrogen-bond acceptors (Lipinski definition) is 5. The maximum atomic E-state index is 13.0. The van der Waals surface area contributed by atoms with Crippen molar-refractivity contribution in [2.75, 3.05) is 20.2 Å². The van der Waals surface area contributed by atoms with E-state index in [4.69, 9.17) is 4.74 Å². The fourth-order valence-corrected chi connectivity index (χ4v) is 4.15. The minimum atomic E-state index is -3.98. The van der Waals surface area contributed by atoms with Gasteiger partial charge in [-0.25, -0.2) is 12.8 Å². The standard InChI is InChI=1S/C21H24FNO5S/c1-13-10-14(2)21(16(4)15(13)3)19(24)12-28-20(25)11-23(5)29(26,27)18-8-6-17(22)7-9-18/h6-10H,11-12H2,1-5H3. The molecule has 0 fully saturated rings. The third kappa shape index (κ3) is 5.07. The number of ether oxygens (including phenoxy) is 1. The molecule has 0 saturated heterocycles. The predicted octanol–water partition coefficient (Wildman–Crippen LogP) is 3.11. The van der Waals surface area contributed by atoms with Crippen molar-refractivity contribution in [1.29, 1.82) is 0 Å². The second-order valence-electron chi connectivity index (χ2n) is 6.93. The van der Waals surface area contributed by atoms with E-state index in [-0.39, 0.29) is 10.7 Å². The maximum Gasteiger partial charge on any atom is 0.321 e. The Morgan fingerprint density at radius 3 is 2.17 bits per heavy atom. The number of halogens is 1. The Bertz CT molecular complexity index is 1050. The highest BCUT2D eigenvalue weighted by atomic mass is 32.2. The van der Waals surface area contributed by atoms with Gasteiger partial charge in [0.1, 0.15) is 12.4 Å². The van der Waals surface area contributed by atoms with Gasteiger partial charge in [0.05, 0.1) is 4.90 Å². The van der Waals surface area contributed by atoms with E-state index in [1.54, 1.807) is 0 Å².